The van der Waals surface area contributed by atoms with Gasteiger partial charge in [0, 0.05) is 6.42 Å². The standard InChI is InChI=1S/C12H21N5O10P2/c13-12(1-6(28(21,22)23)29(24,25)26)9-10(14-3-16-12)17(4-15-9)11-8(20)7(19)5(2-18)27-11/h3,5-8,11,18-20H,1-2,4,13H2,(H2,21,22,23)(H2,24,25,26)/t5-,7-,8-,11-,12?/m1/s1. The highest BCUT2D eigenvalue weighted by atomic mass is 31.2. The normalized spacial score (nSPS) is 35.1. The van der Waals surface area contributed by atoms with Gasteiger partial charge in [-0.3, -0.25) is 14.1 Å². The number of amidine groups is 1. The van der Waals surface area contributed by atoms with E-state index in [2.05, 4.69) is 15.0 Å². The van der Waals surface area contributed by atoms with E-state index < -0.39 is 63.8 Å². The molecule has 0 aromatic carbocycles. The fourth-order valence-corrected chi connectivity index (χ4v) is 5.93. The fraction of sp³-hybridized carbons (Fsp3) is 0.750. The van der Waals surface area contributed by atoms with Gasteiger partial charge in [0.05, 0.1) is 6.61 Å². The van der Waals surface area contributed by atoms with Gasteiger partial charge in [-0.15, -0.1) is 0 Å². The second-order valence-electron chi connectivity index (χ2n) is 6.83. The molecule has 5 atom stereocenters. The van der Waals surface area contributed by atoms with Crippen molar-refractivity contribution >= 4 is 33.1 Å². The molecule has 0 bridgehead atoms. The van der Waals surface area contributed by atoms with Crippen LogP contribution in [0.15, 0.2) is 15.0 Å². The first kappa shape index (κ1) is 22.6. The summed E-state index contributed by atoms with van der Waals surface area (Å²) in [6.45, 7) is -0.753. The maximum Gasteiger partial charge on any atom is 0.340 e. The molecule has 9 N–H and O–H groups in total. The van der Waals surface area contributed by atoms with Crippen molar-refractivity contribution in [2.75, 3.05) is 13.3 Å². The Kier molecular flexibility index (Phi) is 5.88. The molecular formula is C12H21N5O10P2. The third-order valence-electron chi connectivity index (χ3n) is 4.84. The van der Waals surface area contributed by atoms with Crippen molar-refractivity contribution in [3.05, 3.63) is 0 Å². The molecule has 164 valence electrons. The van der Waals surface area contributed by atoms with Crippen LogP contribution in [0, 0.1) is 0 Å². The summed E-state index contributed by atoms with van der Waals surface area (Å²) in [6, 6.07) is 0. The van der Waals surface area contributed by atoms with E-state index in [4.69, 9.17) is 10.5 Å². The maximum absolute atomic E-state index is 11.6. The molecule has 15 nitrogen and oxygen atoms in total. The van der Waals surface area contributed by atoms with Gasteiger partial charge < -0.3 is 50.3 Å². The maximum atomic E-state index is 11.6. The summed E-state index contributed by atoms with van der Waals surface area (Å²) in [7, 11) is -10.5. The first-order chi connectivity index (χ1) is 13.3. The topological polar surface area (TPSA) is 251 Å². The van der Waals surface area contributed by atoms with E-state index in [0.29, 0.717) is 0 Å². The van der Waals surface area contributed by atoms with Crippen molar-refractivity contribution in [3.63, 3.8) is 0 Å². The van der Waals surface area contributed by atoms with Crippen molar-refractivity contribution in [1.82, 2.24) is 4.90 Å². The number of nitrogens with two attached hydrogens (primary N) is 1. The number of ether oxygens (including phenoxy) is 1. The van der Waals surface area contributed by atoms with Crippen LogP contribution in [0.25, 0.3) is 0 Å². The number of hydrogen-bond donors (Lipinski definition) is 8. The summed E-state index contributed by atoms with van der Waals surface area (Å²) < 4.78 is 28.6. The van der Waals surface area contributed by atoms with E-state index >= 15 is 0 Å². The highest BCUT2D eigenvalue weighted by molar-refractivity contribution is 7.70. The molecule has 29 heavy (non-hydrogen) atoms. The first-order valence-corrected chi connectivity index (χ1v) is 11.6. The molecule has 3 aliphatic rings. The Balaban J connectivity index is 1.87. The van der Waals surface area contributed by atoms with E-state index in [1.165, 1.54) is 4.90 Å². The van der Waals surface area contributed by atoms with Gasteiger partial charge in [0.1, 0.15) is 37.0 Å². The SMILES string of the molecule is NC1(CC(P(=O)(O)O)P(=O)(O)O)N=CN=C2C1=NCN2[C@@H]1O[C@H](CO)[C@@H](O)[C@H]1O. The highest BCUT2D eigenvalue weighted by Gasteiger charge is 2.54. The average molecular weight is 457 g/mol. The average Bonchev–Trinajstić information content (AvgIpc) is 3.14. The number of nitrogens with zero attached hydrogens (tertiary/aromatic N) is 4. The van der Waals surface area contributed by atoms with Crippen LogP contribution in [0.4, 0.5) is 0 Å². The molecule has 0 aliphatic carbocycles. The number of aliphatic imine (C=N–C) groups is 3. The molecule has 17 heteroatoms. The molecular weight excluding hydrogens is 436 g/mol. The van der Waals surface area contributed by atoms with Crippen molar-refractivity contribution in [1.29, 1.82) is 0 Å². The molecule has 0 aromatic rings. The van der Waals surface area contributed by atoms with Crippen LogP contribution in [0.5, 0.6) is 0 Å². The monoisotopic (exact) mass is 457 g/mol. The summed E-state index contributed by atoms with van der Waals surface area (Å²) in [5.74, 6) is -0.00693. The molecule has 1 fully saturated rings. The molecule has 0 radical (unpaired) electrons. The zero-order valence-electron chi connectivity index (χ0n) is 14.7. The summed E-state index contributed by atoms with van der Waals surface area (Å²) >= 11 is 0. The van der Waals surface area contributed by atoms with Crippen LogP contribution in [0.1, 0.15) is 6.42 Å². The minimum atomic E-state index is -5.26. The van der Waals surface area contributed by atoms with Gasteiger partial charge >= 0.3 is 15.2 Å². The van der Waals surface area contributed by atoms with Gasteiger partial charge in [-0.25, -0.2) is 9.98 Å². The van der Waals surface area contributed by atoms with Crippen LogP contribution < -0.4 is 5.73 Å². The number of aliphatic hydroxyl groups excluding tert-OH is 3. The first-order valence-electron chi connectivity index (χ1n) is 8.25. The summed E-state index contributed by atoms with van der Waals surface area (Å²) in [5, 5.41) is 26.9. The highest BCUT2D eigenvalue weighted by Crippen LogP contribution is 2.62. The number of hydrogen-bond acceptors (Lipinski definition) is 11. The minimum absolute atomic E-state index is 0.00693. The Morgan fingerprint density at radius 1 is 1.24 bits per heavy atom. The van der Waals surface area contributed by atoms with Crippen LogP contribution in [-0.4, -0.2) is 107 Å². The summed E-state index contributed by atoms with van der Waals surface area (Å²) in [5.41, 5.74) is 3.96. The smallest absolute Gasteiger partial charge is 0.340 e. The van der Waals surface area contributed by atoms with Crippen molar-refractivity contribution < 1.29 is 48.8 Å². The van der Waals surface area contributed by atoms with Gasteiger partial charge in [-0.1, -0.05) is 0 Å². The van der Waals surface area contributed by atoms with Crippen LogP contribution in [0.3, 0.4) is 0 Å². The molecule has 1 unspecified atom stereocenters. The molecule has 0 aromatic heterocycles. The largest absolute Gasteiger partial charge is 0.394 e. The van der Waals surface area contributed by atoms with Crippen molar-refractivity contribution in [3.8, 4) is 0 Å². The van der Waals surface area contributed by atoms with Gasteiger partial charge in [0.2, 0.25) is 0 Å². The number of fused-ring (bicyclic) bond motifs is 1. The lowest BCUT2D eigenvalue weighted by Crippen LogP contribution is -2.56. The lowest BCUT2D eigenvalue weighted by atomic mass is 10.00. The van der Waals surface area contributed by atoms with E-state index in [1.54, 1.807) is 0 Å². The molecule has 3 aliphatic heterocycles. The van der Waals surface area contributed by atoms with E-state index in [0.717, 1.165) is 6.34 Å². The van der Waals surface area contributed by atoms with Gasteiger partial charge in [0.15, 0.2) is 23.1 Å². The van der Waals surface area contributed by atoms with Crippen molar-refractivity contribution in [2.45, 2.75) is 42.0 Å². The van der Waals surface area contributed by atoms with E-state index in [9.17, 15) is 44.0 Å². The number of aliphatic hydroxyl groups is 3. The van der Waals surface area contributed by atoms with Gasteiger partial charge in [-0.2, -0.15) is 0 Å². The Hall–Kier alpha value is -1.09. The second-order valence-corrected chi connectivity index (χ2v) is 10.8. The fourth-order valence-electron chi connectivity index (χ4n) is 3.33. The van der Waals surface area contributed by atoms with Crippen LogP contribution in [0.2, 0.25) is 0 Å². The molecule has 3 rings (SSSR count). The third-order valence-corrected chi connectivity index (χ3v) is 8.56. The van der Waals surface area contributed by atoms with Gasteiger partial charge in [0.25, 0.3) is 0 Å². The Morgan fingerprint density at radius 2 is 1.86 bits per heavy atom. The van der Waals surface area contributed by atoms with Gasteiger partial charge in [-0.05, 0) is 0 Å². The molecule has 0 amide bonds. The molecule has 3 heterocycles. The zero-order valence-corrected chi connectivity index (χ0v) is 16.5. The third kappa shape index (κ3) is 4.09. The van der Waals surface area contributed by atoms with E-state index in [-0.39, 0.29) is 18.2 Å². The number of rotatable bonds is 6. The Bertz CT molecular complexity index is 832. The Labute approximate surface area is 163 Å². The lowest BCUT2D eigenvalue weighted by molar-refractivity contribution is -0.0688. The van der Waals surface area contributed by atoms with E-state index in [1.807, 2.05) is 0 Å². The predicted molar refractivity (Wildman–Crippen MR) is 97.2 cm³/mol. The van der Waals surface area contributed by atoms with Crippen LogP contribution >= 0.6 is 15.2 Å². The summed E-state index contributed by atoms with van der Waals surface area (Å²) in [4.78, 5) is 50.7. The second kappa shape index (κ2) is 7.55. The van der Waals surface area contributed by atoms with Crippen molar-refractivity contribution in [2.24, 2.45) is 20.7 Å². The predicted octanol–water partition coefficient (Wildman–Crippen LogP) is -3.69. The summed E-state index contributed by atoms with van der Waals surface area (Å²) in [6.07, 6.45) is -5.05. The quantitative estimate of drug-likeness (QED) is 0.179. The molecule has 0 saturated carbocycles. The lowest BCUT2D eigenvalue weighted by Gasteiger charge is -2.34. The minimum Gasteiger partial charge on any atom is -0.394 e. The molecule has 1 saturated heterocycles. The van der Waals surface area contributed by atoms with Crippen LogP contribution in [-0.2, 0) is 13.9 Å². The molecule has 0 spiro atoms. The zero-order chi connectivity index (χ0) is 21.8. The Morgan fingerprint density at radius 3 is 2.38 bits per heavy atom.